The maximum absolute atomic E-state index is 11.9. The fourth-order valence-electron chi connectivity index (χ4n) is 2.53. The zero-order chi connectivity index (χ0) is 16.6. The van der Waals surface area contributed by atoms with Gasteiger partial charge in [0, 0.05) is 23.3 Å². The monoisotopic (exact) mass is 313 g/mol. The Labute approximate surface area is 131 Å². The van der Waals surface area contributed by atoms with Crippen LogP contribution in [0.15, 0.2) is 41.1 Å². The van der Waals surface area contributed by atoms with Crippen molar-refractivity contribution in [1.29, 1.82) is 0 Å². The molecule has 0 bridgehead atoms. The summed E-state index contributed by atoms with van der Waals surface area (Å²) in [5.41, 5.74) is 2.25. The van der Waals surface area contributed by atoms with E-state index in [1.54, 1.807) is 48.9 Å². The fourth-order valence-corrected chi connectivity index (χ4v) is 2.53. The molecule has 0 spiro atoms. The van der Waals surface area contributed by atoms with Gasteiger partial charge in [0.1, 0.15) is 5.58 Å². The second kappa shape index (κ2) is 5.64. The lowest BCUT2D eigenvalue weighted by molar-refractivity contribution is 0.0526. The number of hydrogen-bond donors (Lipinski definition) is 1. The zero-order valence-electron chi connectivity index (χ0n) is 12.7. The van der Waals surface area contributed by atoms with Crippen LogP contribution in [0.5, 0.6) is 0 Å². The van der Waals surface area contributed by atoms with Crippen LogP contribution in [0.3, 0.4) is 0 Å². The maximum Gasteiger partial charge on any atom is 0.339 e. The first-order valence-corrected chi connectivity index (χ1v) is 7.12. The Hall–Kier alpha value is -3.02. The van der Waals surface area contributed by atoms with Gasteiger partial charge in [0.25, 0.3) is 0 Å². The van der Waals surface area contributed by atoms with Crippen molar-refractivity contribution in [2.75, 3.05) is 6.61 Å². The second-order valence-corrected chi connectivity index (χ2v) is 5.09. The fraction of sp³-hybridized carbons (Fsp3) is 0.176. The molecule has 0 amide bonds. The van der Waals surface area contributed by atoms with Crippen LogP contribution in [0.2, 0.25) is 0 Å². The Balaban J connectivity index is 2.17. The van der Waals surface area contributed by atoms with Crippen LogP contribution in [0, 0.1) is 6.92 Å². The number of carboxylic acid groups (broad SMARTS) is 1. The smallest absolute Gasteiger partial charge is 0.339 e. The third-order valence-electron chi connectivity index (χ3n) is 3.58. The molecule has 0 aliphatic carbocycles. The molecule has 6 heteroatoms. The molecule has 0 aliphatic rings. The van der Waals surface area contributed by atoms with Gasteiger partial charge in [0.2, 0.25) is 0 Å². The van der Waals surface area contributed by atoms with Gasteiger partial charge in [-0.05, 0) is 32.0 Å². The molecule has 1 aromatic carbocycles. The first-order chi connectivity index (χ1) is 11.0. The molecule has 2 aromatic heterocycles. The molecule has 6 nitrogen and oxygen atoms in total. The average Bonchev–Trinajstić information content (AvgIpc) is 3.11. The number of fused-ring (bicyclic) bond motifs is 1. The second-order valence-electron chi connectivity index (χ2n) is 5.09. The summed E-state index contributed by atoms with van der Waals surface area (Å²) in [6.07, 6.45) is 3.08. The highest BCUT2D eigenvalue weighted by Crippen LogP contribution is 2.26. The van der Waals surface area contributed by atoms with E-state index in [-0.39, 0.29) is 12.2 Å². The van der Waals surface area contributed by atoms with E-state index >= 15 is 0 Å². The van der Waals surface area contributed by atoms with Crippen molar-refractivity contribution in [3.8, 4) is 5.69 Å². The number of ether oxygens (including phenoxy) is 1. The molecule has 0 radical (unpaired) electrons. The van der Waals surface area contributed by atoms with Crippen LogP contribution in [-0.4, -0.2) is 28.2 Å². The minimum absolute atomic E-state index is 0.132. The summed E-state index contributed by atoms with van der Waals surface area (Å²) in [5, 5.41) is 10.2. The van der Waals surface area contributed by atoms with E-state index in [4.69, 9.17) is 9.15 Å². The first kappa shape index (κ1) is 14.9. The number of aryl methyl sites for hydroxylation is 1. The standard InChI is InChI=1S/C17H15NO5/c1-3-22-17(21)12-6-10(2)18(9-12)14-8-15-11(4-5-23-15)7-13(14)16(19)20/h4-9H,3H2,1-2H3,(H,19,20). The molecule has 0 saturated heterocycles. The minimum atomic E-state index is -1.05. The molecule has 23 heavy (non-hydrogen) atoms. The molecule has 0 saturated carbocycles. The van der Waals surface area contributed by atoms with Crippen molar-refractivity contribution in [1.82, 2.24) is 4.57 Å². The predicted molar refractivity (Wildman–Crippen MR) is 83.2 cm³/mol. The predicted octanol–water partition coefficient (Wildman–Crippen LogP) is 3.41. The van der Waals surface area contributed by atoms with Gasteiger partial charge in [-0.15, -0.1) is 0 Å². The number of nitrogens with zero attached hydrogens (tertiary/aromatic N) is 1. The normalized spacial score (nSPS) is 10.9. The molecular weight excluding hydrogens is 298 g/mol. The Morgan fingerprint density at radius 2 is 2.09 bits per heavy atom. The van der Waals surface area contributed by atoms with Gasteiger partial charge < -0.3 is 18.8 Å². The molecule has 2 heterocycles. The Kier molecular flexibility index (Phi) is 3.65. The van der Waals surface area contributed by atoms with E-state index in [9.17, 15) is 14.7 Å². The Morgan fingerprint density at radius 3 is 2.78 bits per heavy atom. The largest absolute Gasteiger partial charge is 0.478 e. The summed E-state index contributed by atoms with van der Waals surface area (Å²) in [5.74, 6) is -1.49. The summed E-state index contributed by atoms with van der Waals surface area (Å²) >= 11 is 0. The van der Waals surface area contributed by atoms with Gasteiger partial charge in [0.15, 0.2) is 0 Å². The zero-order valence-corrected chi connectivity index (χ0v) is 12.7. The van der Waals surface area contributed by atoms with Crippen LogP contribution in [0.4, 0.5) is 0 Å². The molecular formula is C17H15NO5. The number of hydrogen-bond acceptors (Lipinski definition) is 4. The van der Waals surface area contributed by atoms with Crippen LogP contribution in [0.25, 0.3) is 16.7 Å². The quantitative estimate of drug-likeness (QED) is 0.746. The van der Waals surface area contributed by atoms with E-state index < -0.39 is 11.9 Å². The molecule has 0 unspecified atom stereocenters. The number of carbonyl (C=O) groups excluding carboxylic acids is 1. The number of benzene rings is 1. The van der Waals surface area contributed by atoms with Gasteiger partial charge in [-0.2, -0.15) is 0 Å². The van der Waals surface area contributed by atoms with Crippen LogP contribution < -0.4 is 0 Å². The SMILES string of the molecule is CCOC(=O)c1cc(C)n(-c2cc3occc3cc2C(=O)O)c1. The Morgan fingerprint density at radius 1 is 1.30 bits per heavy atom. The number of carbonyl (C=O) groups is 2. The number of esters is 1. The van der Waals surface area contributed by atoms with E-state index in [2.05, 4.69) is 0 Å². The number of carboxylic acids is 1. The Bertz CT molecular complexity index is 903. The highest BCUT2D eigenvalue weighted by atomic mass is 16.5. The lowest BCUT2D eigenvalue weighted by atomic mass is 10.1. The van der Waals surface area contributed by atoms with Crippen molar-refractivity contribution in [2.45, 2.75) is 13.8 Å². The highest BCUT2D eigenvalue weighted by Gasteiger charge is 2.18. The highest BCUT2D eigenvalue weighted by molar-refractivity contribution is 5.98. The number of furan rings is 1. The van der Waals surface area contributed by atoms with Gasteiger partial charge in [-0.1, -0.05) is 0 Å². The van der Waals surface area contributed by atoms with Crippen molar-refractivity contribution >= 4 is 22.9 Å². The lowest BCUT2D eigenvalue weighted by Crippen LogP contribution is -2.06. The van der Waals surface area contributed by atoms with Gasteiger partial charge in [-0.25, -0.2) is 9.59 Å². The molecule has 3 aromatic rings. The summed E-state index contributed by atoms with van der Waals surface area (Å²) in [4.78, 5) is 23.4. The van der Waals surface area contributed by atoms with Crippen LogP contribution >= 0.6 is 0 Å². The van der Waals surface area contributed by atoms with E-state index in [1.165, 1.54) is 6.26 Å². The number of aromatic carboxylic acids is 1. The summed E-state index contributed by atoms with van der Waals surface area (Å²) in [7, 11) is 0. The molecule has 0 fully saturated rings. The number of rotatable bonds is 4. The topological polar surface area (TPSA) is 81.7 Å². The molecule has 0 atom stereocenters. The molecule has 3 rings (SSSR count). The van der Waals surface area contributed by atoms with Gasteiger partial charge in [0.05, 0.1) is 29.7 Å². The van der Waals surface area contributed by atoms with E-state index in [0.717, 1.165) is 5.69 Å². The van der Waals surface area contributed by atoms with Gasteiger partial charge in [-0.3, -0.25) is 0 Å². The first-order valence-electron chi connectivity index (χ1n) is 7.12. The summed E-state index contributed by atoms with van der Waals surface area (Å²) in [6.45, 7) is 3.80. The van der Waals surface area contributed by atoms with Gasteiger partial charge >= 0.3 is 11.9 Å². The van der Waals surface area contributed by atoms with E-state index in [0.29, 0.717) is 22.2 Å². The number of aromatic nitrogens is 1. The maximum atomic E-state index is 11.9. The summed E-state index contributed by atoms with van der Waals surface area (Å²) < 4.78 is 12.0. The third kappa shape index (κ3) is 2.59. The van der Waals surface area contributed by atoms with Crippen molar-refractivity contribution in [2.24, 2.45) is 0 Å². The van der Waals surface area contributed by atoms with Crippen molar-refractivity contribution in [3.63, 3.8) is 0 Å². The molecule has 1 N–H and O–H groups in total. The van der Waals surface area contributed by atoms with E-state index in [1.807, 2.05) is 0 Å². The van der Waals surface area contributed by atoms with Crippen LogP contribution in [0.1, 0.15) is 33.3 Å². The summed E-state index contributed by atoms with van der Waals surface area (Å²) in [6, 6.07) is 6.58. The van der Waals surface area contributed by atoms with Crippen molar-refractivity contribution in [3.05, 3.63) is 53.5 Å². The lowest BCUT2D eigenvalue weighted by Gasteiger charge is -2.10. The van der Waals surface area contributed by atoms with Crippen LogP contribution in [-0.2, 0) is 4.74 Å². The molecule has 118 valence electrons. The minimum Gasteiger partial charge on any atom is -0.478 e. The van der Waals surface area contributed by atoms with Crippen molar-refractivity contribution < 1.29 is 23.8 Å². The molecule has 0 aliphatic heterocycles. The average molecular weight is 313 g/mol. The third-order valence-corrected chi connectivity index (χ3v) is 3.58.